The van der Waals surface area contributed by atoms with E-state index in [2.05, 4.69) is 25.9 Å². The molecule has 21 heavy (non-hydrogen) atoms. The predicted molar refractivity (Wildman–Crippen MR) is 85.8 cm³/mol. The number of rotatable bonds is 5. The van der Waals surface area contributed by atoms with E-state index in [0.717, 1.165) is 24.1 Å². The van der Waals surface area contributed by atoms with Crippen molar-refractivity contribution in [2.45, 2.75) is 18.8 Å². The second-order valence-electron chi connectivity index (χ2n) is 5.98. The molecular formula is C18H23NO2. The summed E-state index contributed by atoms with van der Waals surface area (Å²) in [6.07, 6.45) is 0.954. The van der Waals surface area contributed by atoms with E-state index < -0.39 is 0 Å². The lowest BCUT2D eigenvalue weighted by molar-refractivity contribution is 0.354. The summed E-state index contributed by atoms with van der Waals surface area (Å²) in [6.45, 7) is 3.16. The molecular weight excluding hydrogens is 262 g/mol. The first-order chi connectivity index (χ1) is 9.91. The molecule has 0 heterocycles. The highest BCUT2D eigenvalue weighted by Crippen LogP contribution is 2.36. The summed E-state index contributed by atoms with van der Waals surface area (Å²) in [6, 6.07) is 14.8. The molecule has 112 valence electrons. The molecule has 0 bridgehead atoms. The van der Waals surface area contributed by atoms with Crippen molar-refractivity contribution in [1.82, 2.24) is 4.90 Å². The minimum absolute atomic E-state index is 0.161. The molecule has 2 aromatic carbocycles. The van der Waals surface area contributed by atoms with E-state index in [9.17, 15) is 10.2 Å². The van der Waals surface area contributed by atoms with Crippen LogP contribution in [0, 0.1) is 0 Å². The van der Waals surface area contributed by atoms with Crippen molar-refractivity contribution < 1.29 is 10.2 Å². The Morgan fingerprint density at radius 2 is 1.19 bits per heavy atom. The average Bonchev–Trinajstić information content (AvgIpc) is 2.46. The molecule has 0 saturated heterocycles. The van der Waals surface area contributed by atoms with E-state index >= 15 is 0 Å². The zero-order valence-corrected chi connectivity index (χ0v) is 12.9. The highest BCUT2D eigenvalue weighted by atomic mass is 16.3. The first kappa shape index (κ1) is 15.4. The standard InChI is InChI=1S/C18H23NO2/c1-18(12-13-19(2)3,14-4-8-16(20)9-5-14)15-6-10-17(21)11-7-15/h4-11,20-21H,12-13H2,1-3H3. The molecule has 0 aliphatic carbocycles. The van der Waals surface area contributed by atoms with E-state index in [1.54, 1.807) is 24.3 Å². The van der Waals surface area contributed by atoms with Gasteiger partial charge in [0.15, 0.2) is 0 Å². The van der Waals surface area contributed by atoms with Crippen LogP contribution in [0.15, 0.2) is 48.5 Å². The molecule has 0 unspecified atom stereocenters. The summed E-state index contributed by atoms with van der Waals surface area (Å²) in [7, 11) is 4.13. The third-order valence-corrected chi connectivity index (χ3v) is 4.07. The van der Waals surface area contributed by atoms with Gasteiger partial charge in [0.1, 0.15) is 11.5 Å². The van der Waals surface area contributed by atoms with E-state index in [1.807, 2.05) is 24.3 Å². The first-order valence-electron chi connectivity index (χ1n) is 7.15. The van der Waals surface area contributed by atoms with Crippen LogP contribution in [0.4, 0.5) is 0 Å². The van der Waals surface area contributed by atoms with Gasteiger partial charge in [-0.3, -0.25) is 0 Å². The maximum atomic E-state index is 9.51. The van der Waals surface area contributed by atoms with Crippen LogP contribution >= 0.6 is 0 Å². The molecule has 0 atom stereocenters. The van der Waals surface area contributed by atoms with Crippen LogP contribution in [0.5, 0.6) is 11.5 Å². The van der Waals surface area contributed by atoms with Gasteiger partial charge >= 0.3 is 0 Å². The largest absolute Gasteiger partial charge is 0.508 e. The van der Waals surface area contributed by atoms with Gasteiger partial charge in [-0.1, -0.05) is 31.2 Å². The molecule has 2 rings (SSSR count). The Labute approximate surface area is 126 Å². The number of phenolic OH excluding ortho intramolecular Hbond substituents is 2. The van der Waals surface area contributed by atoms with Gasteiger partial charge in [0.05, 0.1) is 0 Å². The zero-order valence-electron chi connectivity index (χ0n) is 12.9. The van der Waals surface area contributed by atoms with Crippen LogP contribution in [0.2, 0.25) is 0 Å². The Balaban J connectivity index is 2.42. The summed E-state index contributed by atoms with van der Waals surface area (Å²) in [5.41, 5.74) is 2.16. The second kappa shape index (κ2) is 6.19. The molecule has 2 aromatic rings. The van der Waals surface area contributed by atoms with E-state index in [0.29, 0.717) is 0 Å². The predicted octanol–water partition coefficient (Wildman–Crippen LogP) is 3.36. The fourth-order valence-corrected chi connectivity index (χ4v) is 2.56. The normalized spacial score (nSPS) is 11.8. The molecule has 0 radical (unpaired) electrons. The van der Waals surface area contributed by atoms with Crippen molar-refractivity contribution in [2.24, 2.45) is 0 Å². The Morgan fingerprint density at radius 3 is 1.52 bits per heavy atom. The van der Waals surface area contributed by atoms with Crippen molar-refractivity contribution in [3.8, 4) is 11.5 Å². The van der Waals surface area contributed by atoms with Crippen molar-refractivity contribution in [2.75, 3.05) is 20.6 Å². The Hall–Kier alpha value is -2.00. The van der Waals surface area contributed by atoms with Gasteiger partial charge in [0.2, 0.25) is 0 Å². The number of nitrogens with zero attached hydrogens (tertiary/aromatic N) is 1. The third kappa shape index (κ3) is 3.56. The molecule has 0 fully saturated rings. The molecule has 3 heteroatoms. The fraction of sp³-hybridized carbons (Fsp3) is 0.333. The van der Waals surface area contributed by atoms with Crippen LogP contribution < -0.4 is 0 Å². The van der Waals surface area contributed by atoms with Gasteiger partial charge in [0.25, 0.3) is 0 Å². The average molecular weight is 285 g/mol. The van der Waals surface area contributed by atoms with Crippen LogP contribution in [0.25, 0.3) is 0 Å². The van der Waals surface area contributed by atoms with Gasteiger partial charge in [-0.05, 0) is 62.5 Å². The fourth-order valence-electron chi connectivity index (χ4n) is 2.56. The number of hydrogen-bond donors (Lipinski definition) is 2. The van der Waals surface area contributed by atoms with Crippen molar-refractivity contribution >= 4 is 0 Å². The zero-order chi connectivity index (χ0) is 15.5. The maximum Gasteiger partial charge on any atom is 0.115 e. The minimum atomic E-state index is -0.161. The number of hydrogen-bond acceptors (Lipinski definition) is 3. The maximum absolute atomic E-state index is 9.51. The number of aromatic hydroxyl groups is 2. The Bertz CT molecular complexity index is 528. The van der Waals surface area contributed by atoms with Gasteiger partial charge in [-0.2, -0.15) is 0 Å². The number of phenols is 2. The van der Waals surface area contributed by atoms with Crippen LogP contribution in [0.1, 0.15) is 24.5 Å². The van der Waals surface area contributed by atoms with Crippen LogP contribution in [0.3, 0.4) is 0 Å². The van der Waals surface area contributed by atoms with E-state index in [-0.39, 0.29) is 16.9 Å². The van der Waals surface area contributed by atoms with Crippen LogP contribution in [-0.4, -0.2) is 35.8 Å². The molecule has 0 aliphatic rings. The number of benzene rings is 2. The molecule has 0 saturated carbocycles. The molecule has 0 spiro atoms. The highest BCUT2D eigenvalue weighted by molar-refractivity contribution is 5.42. The summed E-state index contributed by atoms with van der Waals surface area (Å²) in [5, 5.41) is 19.0. The highest BCUT2D eigenvalue weighted by Gasteiger charge is 2.28. The van der Waals surface area contributed by atoms with Crippen molar-refractivity contribution in [3.05, 3.63) is 59.7 Å². The molecule has 0 amide bonds. The Morgan fingerprint density at radius 1 is 0.810 bits per heavy atom. The molecule has 2 N–H and O–H groups in total. The quantitative estimate of drug-likeness (QED) is 0.885. The van der Waals surface area contributed by atoms with E-state index in [1.165, 1.54) is 0 Å². The molecule has 0 aromatic heterocycles. The van der Waals surface area contributed by atoms with Crippen LogP contribution in [-0.2, 0) is 5.41 Å². The molecule has 0 aliphatic heterocycles. The third-order valence-electron chi connectivity index (χ3n) is 4.07. The lowest BCUT2D eigenvalue weighted by Gasteiger charge is -2.32. The van der Waals surface area contributed by atoms with E-state index in [4.69, 9.17) is 0 Å². The van der Waals surface area contributed by atoms with Gasteiger partial charge in [0, 0.05) is 5.41 Å². The second-order valence-corrected chi connectivity index (χ2v) is 5.98. The minimum Gasteiger partial charge on any atom is -0.508 e. The molecule has 3 nitrogen and oxygen atoms in total. The Kier molecular flexibility index (Phi) is 4.53. The lowest BCUT2D eigenvalue weighted by Crippen LogP contribution is -2.29. The SMILES string of the molecule is CN(C)CCC(C)(c1ccc(O)cc1)c1ccc(O)cc1. The van der Waals surface area contributed by atoms with Crippen molar-refractivity contribution in [1.29, 1.82) is 0 Å². The van der Waals surface area contributed by atoms with Crippen molar-refractivity contribution in [3.63, 3.8) is 0 Å². The van der Waals surface area contributed by atoms with Gasteiger partial charge < -0.3 is 15.1 Å². The monoisotopic (exact) mass is 285 g/mol. The smallest absolute Gasteiger partial charge is 0.115 e. The topological polar surface area (TPSA) is 43.7 Å². The summed E-state index contributed by atoms with van der Waals surface area (Å²) < 4.78 is 0. The first-order valence-corrected chi connectivity index (χ1v) is 7.15. The summed E-state index contributed by atoms with van der Waals surface area (Å²) in [4.78, 5) is 2.17. The lowest BCUT2D eigenvalue weighted by atomic mass is 9.73. The van der Waals surface area contributed by atoms with Gasteiger partial charge in [-0.25, -0.2) is 0 Å². The summed E-state index contributed by atoms with van der Waals surface area (Å²) >= 11 is 0. The summed E-state index contributed by atoms with van der Waals surface area (Å²) in [5.74, 6) is 0.554. The van der Waals surface area contributed by atoms with Gasteiger partial charge in [-0.15, -0.1) is 0 Å².